The van der Waals surface area contributed by atoms with Crippen molar-refractivity contribution in [1.29, 1.82) is 0 Å². The normalized spacial score (nSPS) is 18.2. The van der Waals surface area contributed by atoms with E-state index in [-0.39, 0.29) is 28.0 Å². The van der Waals surface area contributed by atoms with Gasteiger partial charge in [0.05, 0.1) is 16.5 Å². The molecule has 1 N–H and O–H groups in total. The van der Waals surface area contributed by atoms with Crippen molar-refractivity contribution in [2.75, 3.05) is 6.54 Å². The molecular formula is C25H28N2O5. The third kappa shape index (κ3) is 4.42. The summed E-state index contributed by atoms with van der Waals surface area (Å²) >= 11 is 0. The summed E-state index contributed by atoms with van der Waals surface area (Å²) in [5, 5.41) is 21.9. The van der Waals surface area contributed by atoms with Gasteiger partial charge in [-0.2, -0.15) is 0 Å². The summed E-state index contributed by atoms with van der Waals surface area (Å²) in [4.78, 5) is 37.7. The molecule has 0 aliphatic carbocycles. The number of carbonyl (C=O) groups is 2. The third-order valence-corrected chi connectivity index (χ3v) is 5.74. The van der Waals surface area contributed by atoms with Gasteiger partial charge in [0.2, 0.25) is 0 Å². The van der Waals surface area contributed by atoms with Gasteiger partial charge in [0, 0.05) is 24.2 Å². The van der Waals surface area contributed by atoms with Gasteiger partial charge in [0.25, 0.3) is 17.4 Å². The maximum Gasteiger partial charge on any atom is 0.295 e. The summed E-state index contributed by atoms with van der Waals surface area (Å²) in [7, 11) is 0. The monoisotopic (exact) mass is 436 g/mol. The number of likely N-dealkylation sites (tertiary alicyclic amines) is 1. The van der Waals surface area contributed by atoms with Crippen molar-refractivity contribution in [1.82, 2.24) is 4.90 Å². The number of hydrogen-bond acceptors (Lipinski definition) is 5. The first-order valence-electron chi connectivity index (χ1n) is 10.7. The van der Waals surface area contributed by atoms with Gasteiger partial charge >= 0.3 is 0 Å². The van der Waals surface area contributed by atoms with Crippen LogP contribution < -0.4 is 0 Å². The fraction of sp³-hybridized carbons (Fsp3) is 0.360. The van der Waals surface area contributed by atoms with E-state index in [2.05, 4.69) is 20.8 Å². The number of ketones is 1. The van der Waals surface area contributed by atoms with Crippen LogP contribution in [0, 0.1) is 10.1 Å². The first-order chi connectivity index (χ1) is 15.1. The van der Waals surface area contributed by atoms with Crippen LogP contribution in [0.1, 0.15) is 63.3 Å². The molecule has 1 aliphatic heterocycles. The smallest absolute Gasteiger partial charge is 0.295 e. The van der Waals surface area contributed by atoms with E-state index in [4.69, 9.17) is 0 Å². The Morgan fingerprint density at radius 3 is 2.16 bits per heavy atom. The number of nitro groups is 1. The molecule has 1 saturated heterocycles. The van der Waals surface area contributed by atoms with E-state index in [1.54, 1.807) is 0 Å². The lowest BCUT2D eigenvalue weighted by atomic mass is 9.85. The van der Waals surface area contributed by atoms with Gasteiger partial charge in [-0.1, -0.05) is 58.4 Å². The Kier molecular flexibility index (Phi) is 6.48. The van der Waals surface area contributed by atoms with Gasteiger partial charge in [-0.25, -0.2) is 0 Å². The predicted molar refractivity (Wildman–Crippen MR) is 122 cm³/mol. The largest absolute Gasteiger partial charge is 0.507 e. The second kappa shape index (κ2) is 8.94. The van der Waals surface area contributed by atoms with Crippen LogP contribution in [0.4, 0.5) is 5.69 Å². The van der Waals surface area contributed by atoms with Gasteiger partial charge < -0.3 is 10.0 Å². The van der Waals surface area contributed by atoms with Crippen LogP contribution in [0.15, 0.2) is 54.1 Å². The molecule has 1 heterocycles. The van der Waals surface area contributed by atoms with E-state index in [0.29, 0.717) is 6.54 Å². The number of aliphatic hydroxyl groups excluding tert-OH is 1. The van der Waals surface area contributed by atoms with Crippen molar-refractivity contribution < 1.29 is 19.6 Å². The second-order valence-corrected chi connectivity index (χ2v) is 9.02. The summed E-state index contributed by atoms with van der Waals surface area (Å²) in [5.41, 5.74) is 1.92. The number of non-ortho nitro benzene ring substituents is 1. The lowest BCUT2D eigenvalue weighted by Gasteiger charge is -2.26. The quantitative estimate of drug-likeness (QED) is 0.223. The minimum Gasteiger partial charge on any atom is -0.507 e. The van der Waals surface area contributed by atoms with Crippen molar-refractivity contribution in [2.24, 2.45) is 0 Å². The van der Waals surface area contributed by atoms with E-state index in [9.17, 15) is 24.8 Å². The first kappa shape index (κ1) is 23.2. The van der Waals surface area contributed by atoms with E-state index in [0.717, 1.165) is 24.0 Å². The minimum atomic E-state index is -0.748. The number of Topliss-reactive ketones (excluding diaryl/α,β-unsaturated/α-hetero) is 1. The van der Waals surface area contributed by atoms with Crippen molar-refractivity contribution in [2.45, 2.75) is 52.0 Å². The highest BCUT2D eigenvalue weighted by Crippen LogP contribution is 2.40. The van der Waals surface area contributed by atoms with Crippen LogP contribution in [0.5, 0.6) is 0 Å². The molecule has 0 aromatic heterocycles. The summed E-state index contributed by atoms with van der Waals surface area (Å²) in [6.07, 6.45) is 1.57. The number of aliphatic hydroxyl groups is 1. The molecule has 0 bridgehead atoms. The van der Waals surface area contributed by atoms with E-state index >= 15 is 0 Å². The number of hydrogen-bond donors (Lipinski definition) is 1. The van der Waals surface area contributed by atoms with Crippen LogP contribution >= 0.6 is 0 Å². The van der Waals surface area contributed by atoms with E-state index in [1.807, 2.05) is 31.2 Å². The highest BCUT2D eigenvalue weighted by molar-refractivity contribution is 6.46. The number of nitrogens with zero attached hydrogens (tertiary/aromatic N) is 2. The number of rotatable bonds is 6. The van der Waals surface area contributed by atoms with Crippen LogP contribution in [0.3, 0.4) is 0 Å². The molecule has 3 rings (SSSR count). The summed E-state index contributed by atoms with van der Waals surface area (Å²) < 4.78 is 0. The fourth-order valence-corrected chi connectivity index (χ4v) is 3.85. The number of unbranched alkanes of at least 4 members (excludes halogenated alkanes) is 1. The highest BCUT2D eigenvalue weighted by atomic mass is 16.6. The Bertz CT molecular complexity index is 1060. The zero-order valence-corrected chi connectivity index (χ0v) is 18.8. The standard InChI is InChI=1S/C25H28N2O5/c1-5-6-15-26-21(16-7-11-18(12-8-16)25(2,3)4)20(23(29)24(26)30)22(28)17-9-13-19(14-10-17)27(31)32/h7-14,21,28H,5-6,15H2,1-4H3/b22-20-. The van der Waals surface area contributed by atoms with Gasteiger partial charge in [-0.3, -0.25) is 19.7 Å². The Morgan fingerprint density at radius 2 is 1.66 bits per heavy atom. The number of carbonyl (C=O) groups excluding carboxylic acids is 2. The van der Waals surface area contributed by atoms with Crippen LogP contribution in [0.25, 0.3) is 5.76 Å². The molecule has 1 unspecified atom stereocenters. The molecule has 0 radical (unpaired) electrons. The molecule has 1 atom stereocenters. The second-order valence-electron chi connectivity index (χ2n) is 9.02. The SMILES string of the molecule is CCCCN1C(=O)C(=O)/C(=C(\O)c2ccc([N+](=O)[O-])cc2)C1c1ccc(C(C)(C)C)cc1. The lowest BCUT2D eigenvalue weighted by Crippen LogP contribution is -2.30. The molecule has 7 heteroatoms. The highest BCUT2D eigenvalue weighted by Gasteiger charge is 2.45. The lowest BCUT2D eigenvalue weighted by molar-refractivity contribution is -0.384. The summed E-state index contributed by atoms with van der Waals surface area (Å²) in [6, 6.07) is 12.3. The average Bonchev–Trinajstić information content (AvgIpc) is 3.01. The average molecular weight is 437 g/mol. The Hall–Kier alpha value is -3.48. The molecule has 7 nitrogen and oxygen atoms in total. The topological polar surface area (TPSA) is 101 Å². The Balaban J connectivity index is 2.12. The summed E-state index contributed by atoms with van der Waals surface area (Å²) in [5.74, 6) is -1.73. The van der Waals surface area contributed by atoms with Crippen molar-refractivity contribution in [3.63, 3.8) is 0 Å². The van der Waals surface area contributed by atoms with E-state index < -0.39 is 22.7 Å². The molecule has 1 aliphatic rings. The van der Waals surface area contributed by atoms with Crippen molar-refractivity contribution in [3.05, 3.63) is 80.9 Å². The molecular weight excluding hydrogens is 408 g/mol. The maximum atomic E-state index is 13.0. The zero-order chi connectivity index (χ0) is 23.6. The van der Waals surface area contributed by atoms with Gasteiger partial charge in [-0.05, 0) is 35.1 Å². The molecule has 2 aromatic rings. The third-order valence-electron chi connectivity index (χ3n) is 5.74. The van der Waals surface area contributed by atoms with Crippen LogP contribution in [-0.4, -0.2) is 33.2 Å². The van der Waals surface area contributed by atoms with Crippen molar-refractivity contribution >= 4 is 23.1 Å². The molecule has 1 fully saturated rings. The fourth-order valence-electron chi connectivity index (χ4n) is 3.85. The Labute approximate surface area is 187 Å². The number of benzene rings is 2. The molecule has 0 saturated carbocycles. The van der Waals surface area contributed by atoms with Crippen LogP contribution in [0.2, 0.25) is 0 Å². The molecule has 1 amide bonds. The first-order valence-corrected chi connectivity index (χ1v) is 10.7. The zero-order valence-electron chi connectivity index (χ0n) is 18.8. The molecule has 168 valence electrons. The van der Waals surface area contributed by atoms with Gasteiger partial charge in [0.1, 0.15) is 5.76 Å². The summed E-state index contributed by atoms with van der Waals surface area (Å²) in [6.45, 7) is 8.70. The maximum absolute atomic E-state index is 13.0. The van der Waals surface area contributed by atoms with Gasteiger partial charge in [-0.15, -0.1) is 0 Å². The molecule has 32 heavy (non-hydrogen) atoms. The predicted octanol–water partition coefficient (Wildman–Crippen LogP) is 5.11. The van der Waals surface area contributed by atoms with Crippen molar-refractivity contribution in [3.8, 4) is 0 Å². The number of nitro benzene ring substituents is 1. The molecule has 0 spiro atoms. The molecule has 2 aromatic carbocycles. The van der Waals surface area contributed by atoms with Gasteiger partial charge in [0.15, 0.2) is 0 Å². The van der Waals surface area contributed by atoms with E-state index in [1.165, 1.54) is 29.2 Å². The van der Waals surface area contributed by atoms with Crippen LogP contribution in [-0.2, 0) is 15.0 Å². The minimum absolute atomic E-state index is 0.00321. The number of amides is 1. The Morgan fingerprint density at radius 1 is 1.06 bits per heavy atom.